The van der Waals surface area contributed by atoms with Crippen LogP contribution in [0.15, 0.2) is 0 Å². The van der Waals surface area contributed by atoms with Crippen LogP contribution in [0.4, 0.5) is 4.79 Å². The maximum atomic E-state index is 10.9. The summed E-state index contributed by atoms with van der Waals surface area (Å²) in [6, 6.07) is 0.0746. The number of hydrogen-bond donors (Lipinski definition) is 4. The Bertz CT molecular complexity index is 279. The molecule has 1 aliphatic heterocycles. The van der Waals surface area contributed by atoms with Crippen LogP contribution in [0.3, 0.4) is 0 Å². The number of likely N-dealkylation sites (tertiary alicyclic amines) is 1. The highest BCUT2D eigenvalue weighted by atomic mass is 35.5. The molecule has 0 spiro atoms. The molecule has 1 saturated heterocycles. The first-order valence-corrected chi connectivity index (χ1v) is 7.37. The molecule has 6 nitrogen and oxygen atoms in total. The van der Waals surface area contributed by atoms with Crippen molar-refractivity contribution in [2.75, 3.05) is 38.6 Å². The Morgan fingerprint density at radius 3 is 2.89 bits per heavy atom. The number of amides is 2. The third-order valence-electron chi connectivity index (χ3n) is 3.47. The lowest BCUT2D eigenvalue weighted by atomic mass is 10.1. The van der Waals surface area contributed by atoms with E-state index in [4.69, 9.17) is 23.1 Å². The van der Waals surface area contributed by atoms with Gasteiger partial charge >= 0.3 is 6.03 Å². The van der Waals surface area contributed by atoms with E-state index in [9.17, 15) is 4.79 Å². The molecule has 0 radical (unpaired) electrons. The summed E-state index contributed by atoms with van der Waals surface area (Å²) in [5, 5.41) is 6.12. The van der Waals surface area contributed by atoms with Crippen LogP contribution >= 0.6 is 11.6 Å². The second-order valence-electron chi connectivity index (χ2n) is 5.28. The molecule has 2 amide bonds. The van der Waals surface area contributed by atoms with Crippen molar-refractivity contribution in [3.8, 4) is 0 Å². The minimum atomic E-state index is -0.453. The Hall–Kier alpha value is -0.560. The van der Waals surface area contributed by atoms with Gasteiger partial charge in [0.2, 0.25) is 0 Å². The van der Waals surface area contributed by atoms with Crippen LogP contribution in [0.25, 0.3) is 0 Å². The number of carbonyl (C=O) groups excluding carboxylic acids is 1. The van der Waals surface area contributed by atoms with Gasteiger partial charge in [-0.2, -0.15) is 0 Å². The zero-order valence-electron chi connectivity index (χ0n) is 11.6. The Kier molecular flexibility index (Phi) is 7.45. The van der Waals surface area contributed by atoms with Crippen molar-refractivity contribution in [2.45, 2.75) is 25.4 Å². The summed E-state index contributed by atoms with van der Waals surface area (Å²) in [5.74, 6) is 1.05. The number of nitrogens with zero attached hydrogens (tertiary/aromatic N) is 1. The second kappa shape index (κ2) is 8.58. The molecular formula is C12H26ClN5O. The minimum absolute atomic E-state index is 0.130. The molecule has 19 heavy (non-hydrogen) atoms. The summed E-state index contributed by atoms with van der Waals surface area (Å²) in [6.45, 7) is 6.26. The van der Waals surface area contributed by atoms with E-state index in [0.717, 1.165) is 32.6 Å². The Labute approximate surface area is 120 Å². The van der Waals surface area contributed by atoms with Crippen molar-refractivity contribution in [1.82, 2.24) is 15.5 Å². The molecule has 0 saturated carbocycles. The lowest BCUT2D eigenvalue weighted by Crippen LogP contribution is -2.42. The fourth-order valence-corrected chi connectivity index (χ4v) is 2.67. The first-order chi connectivity index (χ1) is 9.06. The van der Waals surface area contributed by atoms with Gasteiger partial charge in [-0.1, -0.05) is 6.92 Å². The predicted molar refractivity (Wildman–Crippen MR) is 78.3 cm³/mol. The average molecular weight is 292 g/mol. The lowest BCUT2D eigenvalue weighted by molar-refractivity contribution is 0.216. The molecule has 1 fully saturated rings. The SMILES string of the molecule is C[C@@H](CN)CN1C[C@H](NC(N)=O)C[C@H]1CNCCCl. The van der Waals surface area contributed by atoms with E-state index >= 15 is 0 Å². The predicted octanol–water partition coefficient (Wildman–Crippen LogP) is -0.479. The Morgan fingerprint density at radius 2 is 2.32 bits per heavy atom. The number of carbonyl (C=O) groups is 1. The van der Waals surface area contributed by atoms with Gasteiger partial charge in [-0.15, -0.1) is 11.6 Å². The van der Waals surface area contributed by atoms with Crippen LogP contribution in [0.1, 0.15) is 13.3 Å². The Morgan fingerprint density at radius 1 is 1.58 bits per heavy atom. The first kappa shape index (κ1) is 16.5. The zero-order chi connectivity index (χ0) is 14.3. The maximum Gasteiger partial charge on any atom is 0.312 e. The molecule has 1 rings (SSSR count). The third kappa shape index (κ3) is 5.95. The van der Waals surface area contributed by atoms with Crippen LogP contribution in [-0.4, -0.2) is 61.6 Å². The van der Waals surface area contributed by atoms with Crippen molar-refractivity contribution in [1.29, 1.82) is 0 Å². The molecule has 1 aliphatic rings. The summed E-state index contributed by atoms with van der Waals surface area (Å²) in [7, 11) is 0. The molecule has 6 N–H and O–H groups in total. The van der Waals surface area contributed by atoms with E-state index < -0.39 is 6.03 Å². The standard InChI is InChI=1S/C12H26ClN5O/c1-9(5-14)7-18-8-10(17-12(15)19)4-11(18)6-16-3-2-13/h9-11,16H,2-8,14H2,1H3,(H3,15,17,19)/t9-,10+,11-/m0/s1. The van der Waals surface area contributed by atoms with Gasteiger partial charge < -0.3 is 22.1 Å². The van der Waals surface area contributed by atoms with E-state index in [1.54, 1.807) is 0 Å². The fourth-order valence-electron chi connectivity index (χ4n) is 2.54. The molecular weight excluding hydrogens is 266 g/mol. The number of hydrogen-bond acceptors (Lipinski definition) is 4. The van der Waals surface area contributed by atoms with Crippen molar-refractivity contribution in [3.63, 3.8) is 0 Å². The van der Waals surface area contributed by atoms with E-state index in [1.807, 2.05) is 0 Å². The summed E-state index contributed by atoms with van der Waals surface area (Å²) in [6.07, 6.45) is 0.912. The summed E-state index contributed by atoms with van der Waals surface area (Å²) >= 11 is 5.66. The number of alkyl halides is 1. The minimum Gasteiger partial charge on any atom is -0.352 e. The van der Waals surface area contributed by atoms with Gasteiger partial charge in [0.1, 0.15) is 0 Å². The van der Waals surface area contributed by atoms with Gasteiger partial charge in [0.15, 0.2) is 0 Å². The number of nitrogens with one attached hydrogen (secondary N) is 2. The smallest absolute Gasteiger partial charge is 0.312 e. The summed E-state index contributed by atoms with van der Waals surface area (Å²) < 4.78 is 0. The molecule has 3 atom stereocenters. The highest BCUT2D eigenvalue weighted by molar-refractivity contribution is 6.18. The van der Waals surface area contributed by atoms with Gasteiger partial charge in [0, 0.05) is 44.1 Å². The molecule has 0 unspecified atom stereocenters. The van der Waals surface area contributed by atoms with Crippen molar-refractivity contribution >= 4 is 17.6 Å². The normalized spacial score (nSPS) is 25.4. The van der Waals surface area contributed by atoms with E-state index in [2.05, 4.69) is 22.5 Å². The number of rotatable bonds is 8. The van der Waals surface area contributed by atoms with Crippen molar-refractivity contribution in [2.24, 2.45) is 17.4 Å². The molecule has 112 valence electrons. The number of nitrogens with two attached hydrogens (primary N) is 2. The highest BCUT2D eigenvalue weighted by Crippen LogP contribution is 2.18. The summed E-state index contributed by atoms with van der Waals surface area (Å²) in [5.41, 5.74) is 10.9. The van der Waals surface area contributed by atoms with Crippen LogP contribution < -0.4 is 22.1 Å². The van der Waals surface area contributed by atoms with Crippen molar-refractivity contribution < 1.29 is 4.79 Å². The molecule has 0 aromatic rings. The maximum absolute atomic E-state index is 10.9. The second-order valence-corrected chi connectivity index (χ2v) is 5.66. The van der Waals surface area contributed by atoms with Gasteiger partial charge in [-0.3, -0.25) is 4.90 Å². The fraction of sp³-hybridized carbons (Fsp3) is 0.917. The topological polar surface area (TPSA) is 96.4 Å². The molecule has 7 heteroatoms. The first-order valence-electron chi connectivity index (χ1n) is 6.83. The average Bonchev–Trinajstić information content (AvgIpc) is 2.70. The molecule has 0 aromatic heterocycles. The molecule has 0 aromatic carbocycles. The quantitative estimate of drug-likeness (QED) is 0.359. The van der Waals surface area contributed by atoms with E-state index in [-0.39, 0.29) is 6.04 Å². The van der Waals surface area contributed by atoms with Crippen LogP contribution in [0.2, 0.25) is 0 Å². The van der Waals surface area contributed by atoms with Crippen LogP contribution in [0.5, 0.6) is 0 Å². The van der Waals surface area contributed by atoms with Gasteiger partial charge in [0.25, 0.3) is 0 Å². The molecule has 0 bridgehead atoms. The number of halogens is 1. The lowest BCUT2D eigenvalue weighted by Gasteiger charge is -2.26. The van der Waals surface area contributed by atoms with Gasteiger partial charge in [0.05, 0.1) is 0 Å². The van der Waals surface area contributed by atoms with Crippen LogP contribution in [-0.2, 0) is 0 Å². The van der Waals surface area contributed by atoms with E-state index in [0.29, 0.717) is 24.4 Å². The van der Waals surface area contributed by atoms with E-state index in [1.165, 1.54) is 0 Å². The number of primary amides is 1. The molecule has 1 heterocycles. The Balaban J connectivity index is 2.48. The zero-order valence-corrected chi connectivity index (χ0v) is 12.3. The van der Waals surface area contributed by atoms with Gasteiger partial charge in [-0.05, 0) is 18.9 Å². The largest absolute Gasteiger partial charge is 0.352 e. The number of urea groups is 1. The summed E-state index contributed by atoms with van der Waals surface area (Å²) in [4.78, 5) is 13.3. The molecule has 0 aliphatic carbocycles. The van der Waals surface area contributed by atoms with Gasteiger partial charge in [-0.25, -0.2) is 4.79 Å². The van der Waals surface area contributed by atoms with Crippen LogP contribution in [0, 0.1) is 5.92 Å². The monoisotopic (exact) mass is 291 g/mol. The highest BCUT2D eigenvalue weighted by Gasteiger charge is 2.32. The van der Waals surface area contributed by atoms with Crippen molar-refractivity contribution in [3.05, 3.63) is 0 Å². The third-order valence-corrected chi connectivity index (χ3v) is 3.66.